The second-order valence-corrected chi connectivity index (χ2v) is 3.94. The molecule has 6 nitrogen and oxygen atoms in total. The molecule has 0 aromatic heterocycles. The highest BCUT2D eigenvalue weighted by Crippen LogP contribution is 2.15. The molecule has 98 valence electrons. The zero-order chi connectivity index (χ0) is 13.5. The largest absolute Gasteiger partial charge is 0.378 e. The predicted octanol–water partition coefficient (Wildman–Crippen LogP) is -0.234. The van der Waals surface area contributed by atoms with Crippen molar-refractivity contribution in [3.05, 3.63) is 24.3 Å². The predicted molar refractivity (Wildman–Crippen MR) is 71.5 cm³/mol. The summed E-state index contributed by atoms with van der Waals surface area (Å²) in [7, 11) is 3.85. The Morgan fingerprint density at radius 1 is 1.17 bits per heavy atom. The SMILES string of the molecule is CN(C)c1ccc(NC(=O)C(=O)NCCN)cc1. The fraction of sp³-hybridized carbons (Fsp3) is 0.333. The van der Waals surface area contributed by atoms with Crippen molar-refractivity contribution in [2.75, 3.05) is 37.4 Å². The quantitative estimate of drug-likeness (QED) is 0.644. The van der Waals surface area contributed by atoms with E-state index in [0.29, 0.717) is 12.2 Å². The molecule has 0 aliphatic heterocycles. The van der Waals surface area contributed by atoms with Crippen LogP contribution in [0, 0.1) is 0 Å². The van der Waals surface area contributed by atoms with Crippen molar-refractivity contribution < 1.29 is 9.59 Å². The number of rotatable bonds is 4. The first kappa shape index (κ1) is 14.0. The summed E-state index contributed by atoms with van der Waals surface area (Å²) in [4.78, 5) is 24.7. The van der Waals surface area contributed by atoms with Crippen molar-refractivity contribution in [2.45, 2.75) is 0 Å². The molecular formula is C12H18N4O2. The third-order valence-electron chi connectivity index (χ3n) is 2.28. The van der Waals surface area contributed by atoms with Crippen LogP contribution in [0.4, 0.5) is 11.4 Å². The van der Waals surface area contributed by atoms with Crippen molar-refractivity contribution in [1.82, 2.24) is 5.32 Å². The van der Waals surface area contributed by atoms with Gasteiger partial charge in [-0.15, -0.1) is 0 Å². The fourth-order valence-corrected chi connectivity index (χ4v) is 1.30. The molecule has 0 radical (unpaired) electrons. The summed E-state index contributed by atoms with van der Waals surface area (Å²) in [5, 5.41) is 4.90. The van der Waals surface area contributed by atoms with E-state index in [-0.39, 0.29) is 6.54 Å². The Bertz CT molecular complexity index is 415. The van der Waals surface area contributed by atoms with Gasteiger partial charge in [-0.05, 0) is 24.3 Å². The summed E-state index contributed by atoms with van der Waals surface area (Å²) in [5.74, 6) is -1.38. The topological polar surface area (TPSA) is 87.5 Å². The van der Waals surface area contributed by atoms with Gasteiger partial charge in [-0.2, -0.15) is 0 Å². The van der Waals surface area contributed by atoms with Gasteiger partial charge in [-0.1, -0.05) is 0 Å². The number of nitrogens with two attached hydrogens (primary N) is 1. The van der Waals surface area contributed by atoms with E-state index in [9.17, 15) is 9.59 Å². The maximum absolute atomic E-state index is 11.5. The molecule has 0 saturated carbocycles. The molecule has 0 saturated heterocycles. The van der Waals surface area contributed by atoms with Gasteiger partial charge < -0.3 is 21.3 Å². The Morgan fingerprint density at radius 2 is 1.78 bits per heavy atom. The molecule has 6 heteroatoms. The Hall–Kier alpha value is -2.08. The second-order valence-electron chi connectivity index (χ2n) is 3.94. The normalized spacial score (nSPS) is 9.72. The van der Waals surface area contributed by atoms with E-state index in [2.05, 4.69) is 10.6 Å². The van der Waals surface area contributed by atoms with Crippen molar-refractivity contribution in [3.63, 3.8) is 0 Å². The molecule has 0 bridgehead atoms. The molecule has 1 aromatic rings. The summed E-state index contributed by atoms with van der Waals surface area (Å²) in [6.45, 7) is 0.586. The second kappa shape index (κ2) is 6.61. The summed E-state index contributed by atoms with van der Waals surface area (Å²) >= 11 is 0. The van der Waals surface area contributed by atoms with Crippen LogP contribution in [0.1, 0.15) is 0 Å². The summed E-state index contributed by atoms with van der Waals surface area (Å²) < 4.78 is 0. The number of benzene rings is 1. The lowest BCUT2D eigenvalue weighted by molar-refractivity contribution is -0.136. The van der Waals surface area contributed by atoms with Gasteiger partial charge in [0.05, 0.1) is 0 Å². The molecule has 18 heavy (non-hydrogen) atoms. The van der Waals surface area contributed by atoms with Crippen LogP contribution in [0.3, 0.4) is 0 Å². The van der Waals surface area contributed by atoms with Crippen LogP contribution in [-0.2, 0) is 9.59 Å². The van der Waals surface area contributed by atoms with Crippen molar-refractivity contribution in [3.8, 4) is 0 Å². The third kappa shape index (κ3) is 4.06. The highest BCUT2D eigenvalue weighted by Gasteiger charge is 2.12. The van der Waals surface area contributed by atoms with Gasteiger partial charge >= 0.3 is 11.8 Å². The zero-order valence-electron chi connectivity index (χ0n) is 10.6. The van der Waals surface area contributed by atoms with Gasteiger partial charge in [0, 0.05) is 38.6 Å². The van der Waals surface area contributed by atoms with Gasteiger partial charge in [0.15, 0.2) is 0 Å². The minimum absolute atomic E-state index is 0.284. The maximum atomic E-state index is 11.5. The van der Waals surface area contributed by atoms with Crippen molar-refractivity contribution in [2.24, 2.45) is 5.73 Å². The Kier molecular flexibility index (Phi) is 5.13. The molecule has 0 heterocycles. The van der Waals surface area contributed by atoms with Crippen LogP contribution in [0.25, 0.3) is 0 Å². The number of amides is 2. The smallest absolute Gasteiger partial charge is 0.313 e. The van der Waals surface area contributed by atoms with Gasteiger partial charge in [-0.25, -0.2) is 0 Å². The third-order valence-corrected chi connectivity index (χ3v) is 2.28. The standard InChI is InChI=1S/C12H18N4O2/c1-16(2)10-5-3-9(4-6-10)15-12(18)11(17)14-8-7-13/h3-6H,7-8,13H2,1-2H3,(H,14,17)(H,15,18). The molecule has 0 spiro atoms. The number of nitrogens with zero attached hydrogens (tertiary/aromatic N) is 1. The summed E-state index contributed by atoms with van der Waals surface area (Å²) in [6, 6.07) is 7.19. The number of carbonyl (C=O) groups excluding carboxylic acids is 2. The minimum Gasteiger partial charge on any atom is -0.378 e. The Labute approximate surface area is 106 Å². The molecule has 2 amide bonds. The number of hydrogen-bond acceptors (Lipinski definition) is 4. The van der Waals surface area contributed by atoms with Crippen LogP contribution in [0.2, 0.25) is 0 Å². The van der Waals surface area contributed by atoms with E-state index >= 15 is 0 Å². The van der Waals surface area contributed by atoms with Gasteiger partial charge in [0.25, 0.3) is 0 Å². The van der Waals surface area contributed by atoms with Crippen molar-refractivity contribution >= 4 is 23.2 Å². The Morgan fingerprint density at radius 3 is 2.28 bits per heavy atom. The highest BCUT2D eigenvalue weighted by atomic mass is 16.2. The van der Waals surface area contributed by atoms with Crippen LogP contribution in [0.5, 0.6) is 0 Å². The molecule has 1 rings (SSSR count). The lowest BCUT2D eigenvalue weighted by Crippen LogP contribution is -2.37. The minimum atomic E-state index is -0.693. The number of carbonyl (C=O) groups is 2. The molecule has 4 N–H and O–H groups in total. The molecule has 1 aromatic carbocycles. The average molecular weight is 250 g/mol. The van der Waals surface area contributed by atoms with Crippen LogP contribution in [-0.4, -0.2) is 39.0 Å². The molecular weight excluding hydrogens is 232 g/mol. The summed E-state index contributed by atoms with van der Waals surface area (Å²) in [5.41, 5.74) is 6.82. The van der Waals surface area contributed by atoms with E-state index < -0.39 is 11.8 Å². The molecule has 0 atom stereocenters. The molecule has 0 unspecified atom stereocenters. The Balaban J connectivity index is 2.56. The average Bonchev–Trinajstić information content (AvgIpc) is 2.36. The number of anilines is 2. The first-order valence-electron chi connectivity index (χ1n) is 5.61. The first-order valence-corrected chi connectivity index (χ1v) is 5.61. The van der Waals surface area contributed by atoms with Gasteiger partial charge in [0.1, 0.15) is 0 Å². The van der Waals surface area contributed by atoms with Crippen LogP contribution >= 0.6 is 0 Å². The maximum Gasteiger partial charge on any atom is 0.313 e. The monoisotopic (exact) mass is 250 g/mol. The van der Waals surface area contributed by atoms with E-state index in [4.69, 9.17) is 5.73 Å². The number of hydrogen-bond donors (Lipinski definition) is 3. The van der Waals surface area contributed by atoms with Crippen LogP contribution in [0.15, 0.2) is 24.3 Å². The highest BCUT2D eigenvalue weighted by molar-refractivity contribution is 6.39. The van der Waals surface area contributed by atoms with Gasteiger partial charge in [-0.3, -0.25) is 9.59 Å². The molecule has 0 fully saturated rings. The lowest BCUT2D eigenvalue weighted by atomic mass is 10.2. The molecule has 0 aliphatic rings. The van der Waals surface area contributed by atoms with Gasteiger partial charge in [0.2, 0.25) is 0 Å². The lowest BCUT2D eigenvalue weighted by Gasteiger charge is -2.12. The van der Waals surface area contributed by atoms with E-state index in [1.165, 1.54) is 0 Å². The summed E-state index contributed by atoms with van der Waals surface area (Å²) in [6.07, 6.45) is 0. The van der Waals surface area contributed by atoms with Crippen molar-refractivity contribution in [1.29, 1.82) is 0 Å². The number of nitrogens with one attached hydrogen (secondary N) is 2. The molecule has 0 aliphatic carbocycles. The fourth-order valence-electron chi connectivity index (χ4n) is 1.30. The van der Waals surface area contributed by atoms with E-state index in [0.717, 1.165) is 5.69 Å². The van der Waals surface area contributed by atoms with E-state index in [1.54, 1.807) is 12.1 Å². The zero-order valence-corrected chi connectivity index (χ0v) is 10.6. The first-order chi connectivity index (χ1) is 8.54. The van der Waals surface area contributed by atoms with E-state index in [1.807, 2.05) is 31.1 Å². The van der Waals surface area contributed by atoms with Crippen LogP contribution < -0.4 is 21.3 Å².